The molecule has 3 aromatic rings. The molecule has 0 spiro atoms. The molecule has 0 unspecified atom stereocenters. The number of nitrogens with one attached hydrogen (secondary N) is 2. The summed E-state index contributed by atoms with van der Waals surface area (Å²) in [7, 11) is 0. The van der Waals surface area contributed by atoms with Crippen molar-refractivity contribution in [1.29, 1.82) is 0 Å². The van der Waals surface area contributed by atoms with E-state index in [1.54, 1.807) is 42.6 Å². The normalized spacial score (nSPS) is 17.6. The molecule has 2 aromatic carbocycles. The third-order valence-corrected chi connectivity index (χ3v) is 5.19. The second kappa shape index (κ2) is 8.89. The van der Waals surface area contributed by atoms with E-state index in [1.165, 1.54) is 4.90 Å². The van der Waals surface area contributed by atoms with Crippen LogP contribution in [-0.4, -0.2) is 53.4 Å². The lowest BCUT2D eigenvalue weighted by atomic mass is 10.1. The minimum absolute atomic E-state index is 0.0767. The summed E-state index contributed by atoms with van der Waals surface area (Å²) in [5.41, 5.74) is 6.88. The van der Waals surface area contributed by atoms with Gasteiger partial charge in [-0.3, -0.25) is 9.59 Å². The number of carbonyl (C=O) groups is 2. The van der Waals surface area contributed by atoms with Gasteiger partial charge in [0.15, 0.2) is 12.2 Å². The molecule has 1 aliphatic rings. The summed E-state index contributed by atoms with van der Waals surface area (Å²) in [6, 6.07) is 12.3. The maximum absolute atomic E-state index is 13.1. The van der Waals surface area contributed by atoms with Crippen LogP contribution in [-0.2, 0) is 14.3 Å². The zero-order valence-corrected chi connectivity index (χ0v) is 17.9. The van der Waals surface area contributed by atoms with E-state index >= 15 is 0 Å². The van der Waals surface area contributed by atoms with Crippen molar-refractivity contribution in [2.75, 3.05) is 29.1 Å². The first kappa shape index (κ1) is 21.7. The number of rotatable bonds is 6. The average Bonchev–Trinajstić information content (AvgIpc) is 3.13. The summed E-state index contributed by atoms with van der Waals surface area (Å²) < 4.78 is 11.3. The number of morpholine rings is 1. The Morgan fingerprint density at radius 1 is 1.31 bits per heavy atom. The number of aromatic nitrogens is 1. The predicted molar refractivity (Wildman–Crippen MR) is 122 cm³/mol. The average molecular weight is 438 g/mol. The van der Waals surface area contributed by atoms with Crippen molar-refractivity contribution < 1.29 is 24.2 Å². The third kappa shape index (κ3) is 4.25. The fourth-order valence-corrected chi connectivity index (χ4v) is 3.70. The number of anilines is 3. The number of fused-ring (bicyclic) bond motifs is 1. The minimum atomic E-state index is -1.68. The van der Waals surface area contributed by atoms with Crippen LogP contribution in [0, 0.1) is 0 Å². The number of aliphatic hydroxyl groups is 1. The van der Waals surface area contributed by atoms with Crippen molar-refractivity contribution in [2.45, 2.75) is 32.2 Å². The Morgan fingerprint density at radius 2 is 2.09 bits per heavy atom. The molecule has 0 bridgehead atoms. The molecule has 1 aromatic heterocycles. The number of hydrogen-bond acceptors (Lipinski definition) is 6. The van der Waals surface area contributed by atoms with E-state index in [4.69, 9.17) is 15.2 Å². The zero-order valence-electron chi connectivity index (χ0n) is 17.9. The van der Waals surface area contributed by atoms with Gasteiger partial charge in [-0.05, 0) is 44.2 Å². The number of nitrogens with zero attached hydrogens (tertiary/aromatic N) is 1. The number of aliphatic hydroxyl groups excluding tert-OH is 1. The highest BCUT2D eigenvalue weighted by atomic mass is 16.5. The van der Waals surface area contributed by atoms with Gasteiger partial charge in [-0.2, -0.15) is 0 Å². The largest absolute Gasteiger partial charge is 0.489 e. The molecule has 1 fully saturated rings. The molecule has 4 rings (SSSR count). The quantitative estimate of drug-likeness (QED) is 0.467. The Kier molecular flexibility index (Phi) is 6.02. The Labute approximate surface area is 185 Å². The second-order valence-electron chi connectivity index (χ2n) is 7.85. The molecular formula is C23H26N4O5. The van der Waals surface area contributed by atoms with Crippen LogP contribution in [0.3, 0.4) is 0 Å². The summed E-state index contributed by atoms with van der Waals surface area (Å²) in [6.45, 7) is 4.25. The molecule has 2 atom stereocenters. The van der Waals surface area contributed by atoms with E-state index in [2.05, 4.69) is 10.3 Å². The van der Waals surface area contributed by atoms with E-state index in [-0.39, 0.29) is 19.3 Å². The molecule has 2 heterocycles. The van der Waals surface area contributed by atoms with E-state index in [0.717, 1.165) is 10.8 Å². The first-order valence-corrected chi connectivity index (χ1v) is 10.4. The van der Waals surface area contributed by atoms with Gasteiger partial charge < -0.3 is 35.5 Å². The lowest BCUT2D eigenvalue weighted by Gasteiger charge is -2.35. The van der Waals surface area contributed by atoms with Gasteiger partial charge in [0.1, 0.15) is 11.6 Å². The van der Waals surface area contributed by atoms with Gasteiger partial charge in [0, 0.05) is 29.2 Å². The highest BCUT2D eigenvalue weighted by molar-refractivity contribution is 6.05. The topological polar surface area (TPSA) is 130 Å². The van der Waals surface area contributed by atoms with E-state index in [1.807, 2.05) is 19.9 Å². The number of nitrogen functional groups attached to an aromatic ring is 1. The summed E-state index contributed by atoms with van der Waals surface area (Å²) >= 11 is 0. The molecule has 9 nitrogen and oxygen atoms in total. The van der Waals surface area contributed by atoms with Crippen molar-refractivity contribution in [1.82, 2.24) is 4.98 Å². The molecule has 0 saturated carbocycles. The maximum Gasteiger partial charge on any atom is 0.259 e. The van der Waals surface area contributed by atoms with Crippen molar-refractivity contribution in [3.05, 3.63) is 48.7 Å². The van der Waals surface area contributed by atoms with E-state index in [0.29, 0.717) is 22.9 Å². The van der Waals surface area contributed by atoms with Gasteiger partial charge in [-0.25, -0.2) is 0 Å². The Balaban J connectivity index is 1.50. The smallest absolute Gasteiger partial charge is 0.259 e. The summed E-state index contributed by atoms with van der Waals surface area (Å²) in [4.78, 5) is 30.2. The lowest BCUT2D eigenvalue weighted by molar-refractivity contribution is -0.150. The number of amides is 2. The molecule has 2 amide bonds. The van der Waals surface area contributed by atoms with Crippen molar-refractivity contribution >= 4 is 39.8 Å². The van der Waals surface area contributed by atoms with Gasteiger partial charge in [0.2, 0.25) is 0 Å². The lowest BCUT2D eigenvalue weighted by Crippen LogP contribution is -2.55. The predicted octanol–water partition coefficient (Wildman–Crippen LogP) is 2.27. The summed E-state index contributed by atoms with van der Waals surface area (Å²) in [5, 5.41) is 14.9. The Hall–Kier alpha value is -3.56. The van der Waals surface area contributed by atoms with Crippen molar-refractivity contribution in [3.8, 4) is 5.75 Å². The highest BCUT2D eigenvalue weighted by Gasteiger charge is 2.40. The van der Waals surface area contributed by atoms with Crippen LogP contribution in [0.15, 0.2) is 48.7 Å². The number of aromatic amines is 1. The van der Waals surface area contributed by atoms with Crippen LogP contribution in [0.1, 0.15) is 13.8 Å². The third-order valence-electron chi connectivity index (χ3n) is 5.19. The SMILES string of the molecule is CC(C)Oc1ccccc1N1CCO[C@H]([C@@H](O)C(=O)Nc2ccc3c(N)[nH]cc3c2)C1=O. The zero-order chi connectivity index (χ0) is 22.8. The van der Waals surface area contributed by atoms with Crippen LogP contribution in [0.4, 0.5) is 17.2 Å². The number of para-hydroxylation sites is 2. The van der Waals surface area contributed by atoms with Gasteiger partial charge in [-0.15, -0.1) is 0 Å². The van der Waals surface area contributed by atoms with Gasteiger partial charge in [-0.1, -0.05) is 12.1 Å². The van der Waals surface area contributed by atoms with Crippen LogP contribution in [0.25, 0.3) is 10.8 Å². The monoisotopic (exact) mass is 438 g/mol. The number of ether oxygens (including phenoxy) is 2. The Bertz CT molecular complexity index is 1140. The number of nitrogens with two attached hydrogens (primary N) is 1. The van der Waals surface area contributed by atoms with E-state index < -0.39 is 24.0 Å². The molecule has 0 radical (unpaired) electrons. The molecule has 0 aliphatic carbocycles. The van der Waals surface area contributed by atoms with Gasteiger partial charge >= 0.3 is 0 Å². The van der Waals surface area contributed by atoms with Crippen molar-refractivity contribution in [2.24, 2.45) is 0 Å². The molecule has 32 heavy (non-hydrogen) atoms. The van der Waals surface area contributed by atoms with E-state index in [9.17, 15) is 14.7 Å². The molecule has 1 aliphatic heterocycles. The Morgan fingerprint density at radius 3 is 2.88 bits per heavy atom. The second-order valence-corrected chi connectivity index (χ2v) is 7.85. The molecule has 9 heteroatoms. The summed E-state index contributed by atoms with van der Waals surface area (Å²) in [6.07, 6.45) is -1.37. The van der Waals surface area contributed by atoms with Crippen LogP contribution in [0.5, 0.6) is 5.75 Å². The number of carbonyl (C=O) groups excluding carboxylic acids is 2. The van der Waals surface area contributed by atoms with Crippen LogP contribution in [0.2, 0.25) is 0 Å². The highest BCUT2D eigenvalue weighted by Crippen LogP contribution is 2.31. The first-order chi connectivity index (χ1) is 15.3. The molecular weight excluding hydrogens is 412 g/mol. The fourth-order valence-electron chi connectivity index (χ4n) is 3.70. The van der Waals surface area contributed by atoms with Gasteiger partial charge in [0.25, 0.3) is 11.8 Å². The number of benzene rings is 2. The fraction of sp³-hybridized carbons (Fsp3) is 0.304. The summed E-state index contributed by atoms with van der Waals surface area (Å²) in [5.74, 6) is -0.164. The van der Waals surface area contributed by atoms with Crippen LogP contribution < -0.4 is 20.7 Å². The standard InChI is InChI=1S/C23H26N4O5/c1-13(2)32-18-6-4-3-5-17(18)27-9-10-31-20(23(27)30)19(28)22(29)26-15-7-8-16-14(11-15)12-25-21(16)24/h3-8,11-13,19-20,25,28H,9-10,24H2,1-2H3,(H,26,29)/t19-,20-/m1/s1. The van der Waals surface area contributed by atoms with Crippen molar-refractivity contribution in [3.63, 3.8) is 0 Å². The van der Waals surface area contributed by atoms with Gasteiger partial charge in [0.05, 0.1) is 18.4 Å². The van der Waals surface area contributed by atoms with Crippen LogP contribution >= 0.6 is 0 Å². The maximum atomic E-state index is 13.1. The first-order valence-electron chi connectivity index (χ1n) is 10.4. The molecule has 168 valence electrons. The number of hydrogen-bond donors (Lipinski definition) is 4. The molecule has 5 N–H and O–H groups in total. The number of H-pyrrole nitrogens is 1. The molecule has 1 saturated heterocycles. The minimum Gasteiger partial charge on any atom is -0.489 e.